The lowest BCUT2D eigenvalue weighted by Gasteiger charge is -2.41. The molecular formula is C45H57N9O6S. The summed E-state index contributed by atoms with van der Waals surface area (Å²) in [6.45, 7) is 13.8. The third kappa shape index (κ3) is 8.87. The molecule has 6 bridgehead atoms. The molecule has 2 N–H and O–H groups in total. The van der Waals surface area contributed by atoms with Crippen molar-refractivity contribution in [3.8, 4) is 28.6 Å². The van der Waals surface area contributed by atoms with E-state index in [0.29, 0.717) is 50.4 Å². The summed E-state index contributed by atoms with van der Waals surface area (Å²) in [5.74, 6) is -1.89. The maximum Gasteiger partial charge on any atom is 0.324 e. The molecule has 2 saturated heterocycles. The number of rotatable bonds is 8. The second-order valence-electron chi connectivity index (χ2n) is 17.6. The van der Waals surface area contributed by atoms with Crippen LogP contribution in [0, 0.1) is 28.6 Å². The first-order chi connectivity index (χ1) is 29.1. The minimum atomic E-state index is -1.07. The lowest BCUT2D eigenvalue weighted by Crippen LogP contribution is -2.63. The number of benzene rings is 1. The predicted octanol–water partition coefficient (Wildman–Crippen LogP) is 5.73. The largest absolute Gasteiger partial charge is 0.464 e. The van der Waals surface area contributed by atoms with Crippen molar-refractivity contribution in [3.05, 3.63) is 58.2 Å². The molecular weight excluding hydrogens is 795 g/mol. The number of hydrogen-bond donors (Lipinski definition) is 2. The number of methoxy groups -OCH3 is 1. The summed E-state index contributed by atoms with van der Waals surface area (Å²) in [6, 6.07) is 9.48. The number of likely N-dealkylation sites (N-methyl/N-ethyl adjacent to an activating group) is 1. The number of hydrogen-bond acceptors (Lipinski definition) is 11. The molecule has 16 heteroatoms. The molecule has 4 amide bonds. The van der Waals surface area contributed by atoms with Crippen molar-refractivity contribution >= 4 is 46.1 Å². The van der Waals surface area contributed by atoms with Crippen LogP contribution in [-0.2, 0) is 43.2 Å². The van der Waals surface area contributed by atoms with Gasteiger partial charge in [-0.3, -0.25) is 24.4 Å². The third-order valence-corrected chi connectivity index (χ3v) is 13.0. The molecule has 2 fully saturated rings. The van der Waals surface area contributed by atoms with Gasteiger partial charge >= 0.3 is 12.0 Å². The summed E-state index contributed by atoms with van der Waals surface area (Å²) in [5, 5.41) is 17.3. The molecule has 15 nitrogen and oxygen atoms in total. The average molecular weight is 852 g/mol. The Hall–Kier alpha value is -5.37. The first-order valence-electron chi connectivity index (χ1n) is 21.2. The summed E-state index contributed by atoms with van der Waals surface area (Å²) in [5.41, 5.74) is 9.27. The van der Waals surface area contributed by atoms with E-state index in [-0.39, 0.29) is 37.0 Å². The fraction of sp³-hybridized carbons (Fsp3) is 0.533. The van der Waals surface area contributed by atoms with E-state index < -0.39 is 41.3 Å². The molecule has 3 aliphatic rings. The van der Waals surface area contributed by atoms with Crippen molar-refractivity contribution in [1.29, 1.82) is 5.26 Å². The Morgan fingerprint density at radius 2 is 1.97 bits per heavy atom. The Labute approximate surface area is 361 Å². The number of amides is 4. The number of hydrazine groups is 1. The standard InChI is InChI=1S/C45H57N9O6S/c1-9-53-36-15-14-29-18-31(36)32(40(53)30-12-10-16-47-38(30)27(4)59-8)20-45(5,6)25-60-43(57)33-13-11-17-54(50-33)42(56)34(19-37-48-35(29)24-61-37)49-41(55)39(26(2)3)51(7)44(58)52-22-28(21-46)23-52/h10,12,14-16,18,24,26-28,33-34,39,50H,9,11,13,17,19-20,22-23,25H2,1-8H3,(H,49,55)/t27-,33-,34-,39-/m0/s1. The molecule has 4 atom stereocenters. The molecule has 61 heavy (non-hydrogen) atoms. The second kappa shape index (κ2) is 17.9. The molecule has 0 saturated carbocycles. The zero-order chi connectivity index (χ0) is 43.7. The smallest absolute Gasteiger partial charge is 0.324 e. The van der Waals surface area contributed by atoms with Crippen LogP contribution in [0.3, 0.4) is 0 Å². The van der Waals surface area contributed by atoms with Crippen LogP contribution < -0.4 is 10.7 Å². The van der Waals surface area contributed by atoms with E-state index in [2.05, 4.69) is 66.4 Å². The number of carbonyl (C=O) groups excluding carboxylic acids is 4. The highest BCUT2D eigenvalue weighted by Crippen LogP contribution is 2.42. The number of pyridine rings is 1. The van der Waals surface area contributed by atoms with Crippen LogP contribution in [0.25, 0.3) is 33.4 Å². The monoisotopic (exact) mass is 851 g/mol. The number of nitrogens with zero attached hydrogens (tertiary/aromatic N) is 7. The van der Waals surface area contributed by atoms with Gasteiger partial charge < -0.3 is 29.2 Å². The number of thiazole rings is 1. The van der Waals surface area contributed by atoms with Crippen LogP contribution in [0.2, 0.25) is 0 Å². The first-order valence-corrected chi connectivity index (χ1v) is 22.1. The number of carbonyl (C=O) groups is 4. The minimum Gasteiger partial charge on any atom is -0.464 e. The van der Waals surface area contributed by atoms with Gasteiger partial charge in [-0.1, -0.05) is 33.8 Å². The maximum absolute atomic E-state index is 14.5. The summed E-state index contributed by atoms with van der Waals surface area (Å²) in [4.78, 5) is 68.7. The second-order valence-corrected chi connectivity index (χ2v) is 18.5. The molecule has 0 radical (unpaired) electrons. The normalized spacial score (nSPS) is 20.7. The van der Waals surface area contributed by atoms with Crippen molar-refractivity contribution in [1.82, 2.24) is 40.1 Å². The van der Waals surface area contributed by atoms with Gasteiger partial charge in [0.15, 0.2) is 0 Å². The van der Waals surface area contributed by atoms with Gasteiger partial charge in [-0.05, 0) is 68.9 Å². The van der Waals surface area contributed by atoms with E-state index in [9.17, 15) is 24.4 Å². The Morgan fingerprint density at radius 3 is 2.67 bits per heavy atom. The number of fused-ring (bicyclic) bond motifs is 6. The summed E-state index contributed by atoms with van der Waals surface area (Å²) in [7, 11) is 3.26. The van der Waals surface area contributed by atoms with Crippen LogP contribution in [0.15, 0.2) is 41.9 Å². The molecule has 0 unspecified atom stereocenters. The van der Waals surface area contributed by atoms with Crippen LogP contribution in [-0.4, -0.2) is 112 Å². The molecule has 3 aliphatic heterocycles. The molecule has 3 aromatic heterocycles. The number of nitrogens with one attached hydrogen (secondary N) is 2. The van der Waals surface area contributed by atoms with Gasteiger partial charge in [0.2, 0.25) is 5.91 Å². The Bertz CT molecular complexity index is 2340. The number of esters is 1. The van der Waals surface area contributed by atoms with Gasteiger partial charge in [0.25, 0.3) is 5.91 Å². The Balaban J connectivity index is 1.29. The van der Waals surface area contributed by atoms with E-state index >= 15 is 0 Å². The van der Waals surface area contributed by atoms with E-state index in [1.807, 2.05) is 32.2 Å². The lowest BCUT2D eigenvalue weighted by molar-refractivity contribution is -0.155. The number of aryl methyl sites for hydroxylation is 1. The molecule has 4 aromatic rings. The lowest BCUT2D eigenvalue weighted by atomic mass is 9.84. The number of urea groups is 1. The van der Waals surface area contributed by atoms with E-state index in [1.54, 1.807) is 25.3 Å². The van der Waals surface area contributed by atoms with E-state index in [1.165, 1.54) is 21.2 Å². The third-order valence-electron chi connectivity index (χ3n) is 12.1. The quantitative estimate of drug-likeness (QED) is 0.208. The van der Waals surface area contributed by atoms with Gasteiger partial charge in [-0.15, -0.1) is 11.3 Å². The number of cyclic esters (lactones) is 1. The highest BCUT2D eigenvalue weighted by atomic mass is 32.1. The van der Waals surface area contributed by atoms with E-state index in [0.717, 1.165) is 44.7 Å². The first kappa shape index (κ1) is 43.7. The summed E-state index contributed by atoms with van der Waals surface area (Å²) >= 11 is 1.41. The van der Waals surface area contributed by atoms with Crippen LogP contribution in [0.1, 0.15) is 76.8 Å². The topological polar surface area (TPSA) is 175 Å². The van der Waals surface area contributed by atoms with Crippen molar-refractivity contribution in [3.63, 3.8) is 0 Å². The zero-order valence-corrected chi connectivity index (χ0v) is 37.2. The van der Waals surface area contributed by atoms with E-state index in [4.69, 9.17) is 19.4 Å². The molecule has 0 aliphatic carbocycles. The maximum atomic E-state index is 14.5. The van der Waals surface area contributed by atoms with Crippen molar-refractivity contribution in [2.75, 3.05) is 40.4 Å². The Kier molecular flexibility index (Phi) is 12.8. The molecule has 7 rings (SSSR count). The van der Waals surface area contributed by atoms with Crippen LogP contribution in [0.5, 0.6) is 0 Å². The molecule has 324 valence electrons. The zero-order valence-electron chi connectivity index (χ0n) is 36.4. The van der Waals surface area contributed by atoms with Crippen molar-refractivity contribution in [2.45, 2.75) is 98.0 Å². The molecule has 6 heterocycles. The van der Waals surface area contributed by atoms with Crippen molar-refractivity contribution < 1.29 is 28.7 Å². The van der Waals surface area contributed by atoms with Crippen molar-refractivity contribution in [2.24, 2.45) is 17.3 Å². The number of aromatic nitrogens is 3. The number of nitriles is 1. The molecule has 0 spiro atoms. The van der Waals surface area contributed by atoms with Crippen LogP contribution >= 0.6 is 11.3 Å². The molecule has 1 aromatic carbocycles. The van der Waals surface area contributed by atoms with Gasteiger partial charge in [-0.2, -0.15) is 5.26 Å². The van der Waals surface area contributed by atoms with Crippen LogP contribution in [0.4, 0.5) is 4.79 Å². The fourth-order valence-electron chi connectivity index (χ4n) is 8.81. The van der Waals surface area contributed by atoms with Gasteiger partial charge in [0.1, 0.15) is 18.1 Å². The highest BCUT2D eigenvalue weighted by molar-refractivity contribution is 7.10. The van der Waals surface area contributed by atoms with Gasteiger partial charge in [0, 0.05) is 85.8 Å². The van der Waals surface area contributed by atoms with Gasteiger partial charge in [-0.25, -0.2) is 15.2 Å². The Morgan fingerprint density at radius 1 is 1.20 bits per heavy atom. The fourth-order valence-corrected chi connectivity index (χ4v) is 9.66. The SMILES string of the molecule is CCn1c(-c2cccnc2[C@H](C)OC)c2c3cc(ccc31)-c1csc(n1)C[C@H](NC(=O)[C@H](C(C)C)N(C)C(=O)N1CC(C#N)C1)C(=O)N1CCC[C@H](N1)C(=O)OCC(C)(C)C2. The summed E-state index contributed by atoms with van der Waals surface area (Å²) in [6.07, 6.45) is 3.22. The highest BCUT2D eigenvalue weighted by Gasteiger charge is 2.40. The van der Waals surface area contributed by atoms with Gasteiger partial charge in [0.05, 0.1) is 46.8 Å². The minimum absolute atomic E-state index is 0.0838. The number of likely N-dealkylation sites (tertiary alicyclic amines) is 1. The number of ether oxygens (including phenoxy) is 2. The average Bonchev–Trinajstić information content (AvgIpc) is 3.82. The summed E-state index contributed by atoms with van der Waals surface area (Å²) < 4.78 is 14.2. The predicted molar refractivity (Wildman–Crippen MR) is 232 cm³/mol.